The van der Waals surface area contributed by atoms with E-state index >= 15 is 0 Å². The predicted molar refractivity (Wildman–Crippen MR) is 114 cm³/mol. The van der Waals surface area contributed by atoms with Crippen molar-refractivity contribution in [1.82, 2.24) is 14.8 Å². The number of benzene rings is 2. The lowest BCUT2D eigenvalue weighted by molar-refractivity contribution is 0.223. The highest BCUT2D eigenvalue weighted by Crippen LogP contribution is 2.51. The Morgan fingerprint density at radius 1 is 1.13 bits per heavy atom. The minimum absolute atomic E-state index is 0.207. The Bertz CT molecular complexity index is 1280. The van der Waals surface area contributed by atoms with Crippen LogP contribution in [0.4, 0.5) is 10.3 Å². The van der Waals surface area contributed by atoms with Crippen molar-refractivity contribution in [2.75, 3.05) is 5.32 Å². The molecule has 0 amide bonds. The summed E-state index contributed by atoms with van der Waals surface area (Å²) in [6.45, 7) is 0. The normalized spacial score (nSPS) is 19.4. The first-order chi connectivity index (χ1) is 14.7. The molecule has 6 rings (SSSR count). The monoisotopic (exact) mass is 436 g/mol. The van der Waals surface area contributed by atoms with E-state index in [0.29, 0.717) is 16.7 Å². The van der Waals surface area contributed by atoms with Crippen LogP contribution >= 0.6 is 22.9 Å². The molecule has 0 spiro atoms. The lowest BCUT2D eigenvalue weighted by Gasteiger charge is -2.38. The van der Waals surface area contributed by atoms with Gasteiger partial charge in [0.25, 0.3) is 0 Å². The Kier molecular flexibility index (Phi) is 3.94. The third-order valence-electron chi connectivity index (χ3n) is 5.36. The number of hydrogen-bond donors (Lipinski definition) is 1. The average Bonchev–Trinajstić information content (AvgIpc) is 3.44. The third kappa shape index (κ3) is 2.66. The first-order valence-electron chi connectivity index (χ1n) is 9.35. The topological polar surface area (TPSA) is 52.0 Å². The molecule has 1 N–H and O–H groups in total. The Labute approximate surface area is 180 Å². The largest absolute Gasteiger partial charge is 0.480 e. The van der Waals surface area contributed by atoms with E-state index in [0.717, 1.165) is 27.3 Å². The van der Waals surface area contributed by atoms with E-state index < -0.39 is 6.10 Å². The van der Waals surface area contributed by atoms with Crippen molar-refractivity contribution in [2.45, 2.75) is 12.1 Å². The molecule has 30 heavy (non-hydrogen) atoms. The fourth-order valence-corrected chi connectivity index (χ4v) is 5.07. The molecule has 5 nitrogen and oxygen atoms in total. The second-order valence-electron chi connectivity index (χ2n) is 7.09. The zero-order valence-corrected chi connectivity index (χ0v) is 17.0. The van der Waals surface area contributed by atoms with Crippen molar-refractivity contribution in [3.8, 4) is 5.75 Å². The molecule has 8 heteroatoms. The number of ether oxygens (including phenoxy) is 1. The van der Waals surface area contributed by atoms with Crippen molar-refractivity contribution >= 4 is 34.6 Å². The molecule has 2 aromatic carbocycles. The summed E-state index contributed by atoms with van der Waals surface area (Å²) in [5, 5.41) is 10.6. The van der Waals surface area contributed by atoms with Gasteiger partial charge in [0, 0.05) is 21.0 Å². The zero-order valence-electron chi connectivity index (χ0n) is 15.4. The highest BCUT2D eigenvalue weighted by Gasteiger charge is 2.41. The van der Waals surface area contributed by atoms with E-state index in [1.807, 2.05) is 28.3 Å². The van der Waals surface area contributed by atoms with Gasteiger partial charge in [0.2, 0.25) is 5.95 Å². The van der Waals surface area contributed by atoms with Crippen LogP contribution < -0.4 is 10.1 Å². The molecule has 0 fully saturated rings. The summed E-state index contributed by atoms with van der Waals surface area (Å²) in [5.74, 6) is 1.07. The van der Waals surface area contributed by atoms with E-state index in [1.54, 1.807) is 29.5 Å². The van der Waals surface area contributed by atoms with Gasteiger partial charge in [-0.05, 0) is 47.3 Å². The first kappa shape index (κ1) is 17.7. The summed E-state index contributed by atoms with van der Waals surface area (Å²) < 4.78 is 22.0. The van der Waals surface area contributed by atoms with Crippen LogP contribution in [0.25, 0.3) is 5.70 Å². The highest BCUT2D eigenvalue weighted by molar-refractivity contribution is 7.10. The van der Waals surface area contributed by atoms with Crippen LogP contribution in [0.1, 0.15) is 28.1 Å². The standard InChI is InChI=1S/C22H14ClFN4OS/c23-13-5-8-16-15(10-13)19-18(21(29-16)12-3-6-14(24)7-4-12)20(17-2-1-9-30-17)28-22(27-19)25-11-26-28/h1-11,20-21H,(H,25,26,27)/t20-,21-/m0/s1. The molecular weight excluding hydrogens is 423 g/mol. The highest BCUT2D eigenvalue weighted by atomic mass is 35.5. The minimum Gasteiger partial charge on any atom is -0.480 e. The van der Waals surface area contributed by atoms with Crippen LogP contribution in [0.5, 0.6) is 5.75 Å². The number of rotatable bonds is 2. The van der Waals surface area contributed by atoms with Gasteiger partial charge >= 0.3 is 0 Å². The lowest BCUT2D eigenvalue weighted by atomic mass is 9.87. The number of thiophene rings is 1. The minimum atomic E-state index is -0.425. The van der Waals surface area contributed by atoms with E-state index in [1.165, 1.54) is 18.5 Å². The molecule has 2 aliphatic rings. The van der Waals surface area contributed by atoms with Crippen molar-refractivity contribution in [2.24, 2.45) is 0 Å². The number of fused-ring (bicyclic) bond motifs is 3. The molecule has 0 saturated heterocycles. The maximum atomic E-state index is 13.6. The number of nitrogens with zero attached hydrogens (tertiary/aromatic N) is 3. The van der Waals surface area contributed by atoms with Gasteiger partial charge in [-0.25, -0.2) is 9.07 Å². The summed E-state index contributed by atoms with van der Waals surface area (Å²) in [6, 6.07) is 15.8. The van der Waals surface area contributed by atoms with Crippen LogP contribution in [0.2, 0.25) is 5.02 Å². The van der Waals surface area contributed by atoms with Crippen LogP contribution in [0, 0.1) is 5.82 Å². The van der Waals surface area contributed by atoms with Gasteiger partial charge in [-0.2, -0.15) is 10.1 Å². The van der Waals surface area contributed by atoms with Gasteiger partial charge < -0.3 is 10.1 Å². The molecule has 148 valence electrons. The third-order valence-corrected chi connectivity index (χ3v) is 6.52. The number of nitrogens with one attached hydrogen (secondary N) is 1. The molecule has 0 unspecified atom stereocenters. The SMILES string of the molecule is Fc1ccc([C@@H]2Oc3ccc(Cl)cc3C3=C2[C@H](c2cccs2)n2ncnc2N3)cc1. The van der Waals surface area contributed by atoms with Crippen molar-refractivity contribution in [3.63, 3.8) is 0 Å². The van der Waals surface area contributed by atoms with Crippen LogP contribution in [-0.2, 0) is 0 Å². The lowest BCUT2D eigenvalue weighted by Crippen LogP contribution is -2.32. The van der Waals surface area contributed by atoms with Crippen molar-refractivity contribution in [3.05, 3.63) is 98.7 Å². The summed E-state index contributed by atoms with van der Waals surface area (Å²) in [4.78, 5) is 5.51. The molecule has 4 aromatic rings. The van der Waals surface area contributed by atoms with Gasteiger partial charge in [-0.15, -0.1) is 11.3 Å². The Balaban J connectivity index is 1.63. The second-order valence-corrected chi connectivity index (χ2v) is 8.51. The average molecular weight is 437 g/mol. The Hall–Kier alpha value is -3.16. The van der Waals surface area contributed by atoms with Crippen molar-refractivity contribution in [1.29, 1.82) is 0 Å². The fourth-order valence-electron chi connectivity index (χ4n) is 4.07. The summed E-state index contributed by atoms with van der Waals surface area (Å²) in [7, 11) is 0. The number of aromatic nitrogens is 3. The fraction of sp³-hybridized carbons (Fsp3) is 0.0909. The van der Waals surface area contributed by atoms with Gasteiger partial charge in [0.15, 0.2) is 0 Å². The van der Waals surface area contributed by atoms with Crippen LogP contribution in [-0.4, -0.2) is 14.8 Å². The summed E-state index contributed by atoms with van der Waals surface area (Å²) in [6.07, 6.45) is 1.11. The van der Waals surface area contributed by atoms with Crippen LogP contribution in [0.3, 0.4) is 0 Å². The maximum absolute atomic E-state index is 13.6. The molecule has 0 bridgehead atoms. The van der Waals surface area contributed by atoms with E-state index in [4.69, 9.17) is 16.3 Å². The van der Waals surface area contributed by atoms with Gasteiger partial charge in [-0.3, -0.25) is 0 Å². The number of hydrogen-bond acceptors (Lipinski definition) is 5. The number of anilines is 1. The maximum Gasteiger partial charge on any atom is 0.226 e. The molecular formula is C22H14ClFN4OS. The smallest absolute Gasteiger partial charge is 0.226 e. The molecule has 4 heterocycles. The zero-order chi connectivity index (χ0) is 20.2. The van der Waals surface area contributed by atoms with E-state index in [9.17, 15) is 4.39 Å². The number of halogens is 2. The van der Waals surface area contributed by atoms with Crippen LogP contribution in [0.15, 0.2) is 71.9 Å². The summed E-state index contributed by atoms with van der Waals surface area (Å²) >= 11 is 7.96. The quantitative estimate of drug-likeness (QED) is 0.438. The molecule has 2 aliphatic heterocycles. The Morgan fingerprint density at radius 3 is 2.80 bits per heavy atom. The summed E-state index contributed by atoms with van der Waals surface area (Å²) in [5.41, 5.74) is 3.60. The van der Waals surface area contributed by atoms with E-state index in [-0.39, 0.29) is 11.9 Å². The van der Waals surface area contributed by atoms with Gasteiger partial charge in [0.05, 0.1) is 5.70 Å². The molecule has 0 aliphatic carbocycles. The van der Waals surface area contributed by atoms with E-state index in [2.05, 4.69) is 21.5 Å². The second kappa shape index (κ2) is 6.68. The Morgan fingerprint density at radius 2 is 2.00 bits per heavy atom. The van der Waals surface area contributed by atoms with Crippen molar-refractivity contribution < 1.29 is 9.13 Å². The van der Waals surface area contributed by atoms with Gasteiger partial charge in [-0.1, -0.05) is 29.8 Å². The predicted octanol–water partition coefficient (Wildman–Crippen LogP) is 5.69. The van der Waals surface area contributed by atoms with Gasteiger partial charge in [0.1, 0.15) is 30.0 Å². The molecule has 0 saturated carbocycles. The molecule has 2 atom stereocenters. The molecule has 2 aromatic heterocycles. The first-order valence-corrected chi connectivity index (χ1v) is 10.6. The molecule has 0 radical (unpaired) electrons.